The van der Waals surface area contributed by atoms with Crippen LogP contribution in [0.4, 0.5) is 0 Å². The minimum atomic E-state index is -0.115. The Balaban J connectivity index is 1.67. The third kappa shape index (κ3) is 4.02. The van der Waals surface area contributed by atoms with E-state index in [-0.39, 0.29) is 11.5 Å². The van der Waals surface area contributed by atoms with E-state index in [1.165, 1.54) is 0 Å². The Morgan fingerprint density at radius 3 is 2.54 bits per heavy atom. The van der Waals surface area contributed by atoms with Crippen LogP contribution < -0.4 is 10.9 Å². The lowest BCUT2D eigenvalue weighted by atomic mass is 10.0. The molecule has 2 N–H and O–H groups in total. The van der Waals surface area contributed by atoms with E-state index in [0.717, 1.165) is 33.2 Å². The predicted molar refractivity (Wildman–Crippen MR) is 105 cm³/mol. The van der Waals surface area contributed by atoms with E-state index in [2.05, 4.69) is 22.4 Å². The molecule has 0 radical (unpaired) electrons. The molecule has 0 spiro atoms. The normalized spacial score (nSPS) is 10.9. The molecule has 1 amide bonds. The third-order valence-corrected chi connectivity index (χ3v) is 4.73. The lowest BCUT2D eigenvalue weighted by molar-refractivity contribution is -0.121. The largest absolute Gasteiger partial charge is 0.352 e. The van der Waals surface area contributed by atoms with Gasteiger partial charge in [0.15, 0.2) is 0 Å². The molecule has 0 saturated carbocycles. The van der Waals surface area contributed by atoms with Crippen molar-refractivity contribution in [1.29, 1.82) is 0 Å². The lowest BCUT2D eigenvalue weighted by Crippen LogP contribution is -2.24. The van der Waals surface area contributed by atoms with Gasteiger partial charge in [-0.2, -0.15) is 0 Å². The number of nitrogens with one attached hydrogen (secondary N) is 2. The van der Waals surface area contributed by atoms with Gasteiger partial charge in [-0.1, -0.05) is 35.9 Å². The summed E-state index contributed by atoms with van der Waals surface area (Å²) in [5, 5.41) is 3.95. The number of hydrogen-bond acceptors (Lipinski definition) is 2. The molecule has 0 aliphatic heterocycles. The Hall–Kier alpha value is -2.88. The van der Waals surface area contributed by atoms with Crippen LogP contribution in [-0.4, -0.2) is 10.9 Å². The van der Waals surface area contributed by atoms with E-state index < -0.39 is 0 Å². The molecule has 0 aliphatic rings. The summed E-state index contributed by atoms with van der Waals surface area (Å²) in [6.07, 6.45) is 0.725. The van der Waals surface area contributed by atoms with Crippen LogP contribution in [0.2, 0.25) is 0 Å². The highest BCUT2D eigenvalue weighted by Crippen LogP contribution is 2.18. The van der Waals surface area contributed by atoms with Crippen molar-refractivity contribution in [2.24, 2.45) is 0 Å². The summed E-state index contributed by atoms with van der Waals surface area (Å²) < 4.78 is 0. The maximum Gasteiger partial charge on any atom is 0.251 e. The van der Waals surface area contributed by atoms with Crippen LogP contribution in [0.1, 0.15) is 34.2 Å². The van der Waals surface area contributed by atoms with Gasteiger partial charge < -0.3 is 10.3 Å². The standard InChI is InChI=1S/C22H24N2O2/c1-14-10-16(3)21-19(11-14)12-17(22(26)24-21)8-9-20(25)23-13-18-7-5-4-6-15(18)2/h4-7,10-12H,8-9,13H2,1-3H3,(H,23,25)(H,24,26). The van der Waals surface area contributed by atoms with Crippen molar-refractivity contribution in [3.8, 4) is 0 Å². The number of rotatable bonds is 5. The molecule has 1 heterocycles. The average Bonchev–Trinajstić information content (AvgIpc) is 2.60. The van der Waals surface area contributed by atoms with Gasteiger partial charge in [0.1, 0.15) is 0 Å². The minimum Gasteiger partial charge on any atom is -0.352 e. The number of hydrogen-bond donors (Lipinski definition) is 2. The quantitative estimate of drug-likeness (QED) is 0.738. The Morgan fingerprint density at radius 2 is 1.77 bits per heavy atom. The number of aryl methyl sites for hydroxylation is 4. The molecular weight excluding hydrogens is 324 g/mol. The molecule has 134 valence electrons. The number of H-pyrrole nitrogens is 1. The molecule has 3 aromatic rings. The molecule has 0 atom stereocenters. The molecule has 2 aromatic carbocycles. The Kier molecular flexibility index (Phi) is 5.21. The van der Waals surface area contributed by atoms with Crippen LogP contribution in [0.15, 0.2) is 47.3 Å². The first-order chi connectivity index (χ1) is 12.4. The average molecular weight is 348 g/mol. The van der Waals surface area contributed by atoms with Gasteiger partial charge in [-0.25, -0.2) is 0 Å². The van der Waals surface area contributed by atoms with Crippen LogP contribution in [0.3, 0.4) is 0 Å². The fourth-order valence-electron chi connectivity index (χ4n) is 3.26. The molecule has 1 aromatic heterocycles. The summed E-state index contributed by atoms with van der Waals surface area (Å²) in [5.41, 5.74) is 5.88. The van der Waals surface area contributed by atoms with E-state index in [1.807, 2.05) is 51.1 Å². The summed E-state index contributed by atoms with van der Waals surface area (Å²) in [6.45, 7) is 6.57. The molecule has 4 heteroatoms. The van der Waals surface area contributed by atoms with Crippen molar-refractivity contribution in [1.82, 2.24) is 10.3 Å². The second kappa shape index (κ2) is 7.56. The Labute approximate surface area is 153 Å². The van der Waals surface area contributed by atoms with Gasteiger partial charge >= 0.3 is 0 Å². The Morgan fingerprint density at radius 1 is 1.00 bits per heavy atom. The molecule has 0 bridgehead atoms. The first-order valence-electron chi connectivity index (χ1n) is 8.88. The van der Waals surface area contributed by atoms with Crippen molar-refractivity contribution in [2.45, 2.75) is 40.2 Å². The number of carbonyl (C=O) groups is 1. The van der Waals surface area contributed by atoms with Crippen molar-refractivity contribution in [3.63, 3.8) is 0 Å². The summed E-state index contributed by atoms with van der Waals surface area (Å²) in [6, 6.07) is 14.0. The van der Waals surface area contributed by atoms with Gasteiger partial charge in [0.05, 0.1) is 5.52 Å². The van der Waals surface area contributed by atoms with Crippen molar-refractivity contribution in [2.75, 3.05) is 0 Å². The number of amides is 1. The third-order valence-electron chi connectivity index (χ3n) is 4.73. The molecule has 0 saturated heterocycles. The topological polar surface area (TPSA) is 62.0 Å². The number of aromatic nitrogens is 1. The minimum absolute atomic E-state index is 0.0480. The van der Waals surface area contributed by atoms with Crippen LogP contribution >= 0.6 is 0 Å². The van der Waals surface area contributed by atoms with Gasteiger partial charge in [0, 0.05) is 18.5 Å². The first kappa shape index (κ1) is 17.9. The number of pyridine rings is 1. The number of aromatic amines is 1. The van der Waals surface area contributed by atoms with Crippen LogP contribution in [-0.2, 0) is 17.8 Å². The second-order valence-corrected chi connectivity index (χ2v) is 6.87. The van der Waals surface area contributed by atoms with E-state index in [4.69, 9.17) is 0 Å². The van der Waals surface area contributed by atoms with Crippen LogP contribution in [0.5, 0.6) is 0 Å². The molecule has 0 aliphatic carbocycles. The van der Waals surface area contributed by atoms with Gasteiger partial charge in [-0.15, -0.1) is 0 Å². The highest BCUT2D eigenvalue weighted by molar-refractivity contribution is 5.83. The van der Waals surface area contributed by atoms with Crippen molar-refractivity contribution in [3.05, 3.63) is 80.6 Å². The zero-order chi connectivity index (χ0) is 18.7. The summed E-state index contributed by atoms with van der Waals surface area (Å²) in [5.74, 6) is -0.0480. The summed E-state index contributed by atoms with van der Waals surface area (Å²) in [4.78, 5) is 27.4. The summed E-state index contributed by atoms with van der Waals surface area (Å²) in [7, 11) is 0. The monoisotopic (exact) mass is 348 g/mol. The van der Waals surface area contributed by atoms with Gasteiger partial charge in [-0.3, -0.25) is 9.59 Å². The van der Waals surface area contributed by atoms with E-state index in [9.17, 15) is 9.59 Å². The van der Waals surface area contributed by atoms with Crippen molar-refractivity contribution >= 4 is 16.8 Å². The van der Waals surface area contributed by atoms with Crippen LogP contribution in [0.25, 0.3) is 10.9 Å². The van der Waals surface area contributed by atoms with Crippen molar-refractivity contribution < 1.29 is 4.79 Å². The maximum atomic E-state index is 12.3. The van der Waals surface area contributed by atoms with Gasteiger partial charge in [0.25, 0.3) is 5.56 Å². The smallest absolute Gasteiger partial charge is 0.251 e. The zero-order valence-electron chi connectivity index (χ0n) is 15.5. The molecule has 4 nitrogen and oxygen atoms in total. The fourth-order valence-corrected chi connectivity index (χ4v) is 3.26. The first-order valence-corrected chi connectivity index (χ1v) is 8.88. The predicted octanol–water partition coefficient (Wildman–Crippen LogP) is 3.70. The molecule has 3 rings (SSSR count). The zero-order valence-corrected chi connectivity index (χ0v) is 15.5. The SMILES string of the molecule is Cc1cc(C)c2[nH]c(=O)c(CCC(=O)NCc3ccccc3C)cc2c1. The van der Waals surface area contributed by atoms with E-state index in [1.54, 1.807) is 0 Å². The van der Waals surface area contributed by atoms with E-state index >= 15 is 0 Å². The van der Waals surface area contributed by atoms with E-state index in [0.29, 0.717) is 24.9 Å². The van der Waals surface area contributed by atoms with Crippen LogP contribution in [0, 0.1) is 20.8 Å². The molecule has 0 fully saturated rings. The lowest BCUT2D eigenvalue weighted by Gasteiger charge is -2.09. The highest BCUT2D eigenvalue weighted by Gasteiger charge is 2.09. The number of fused-ring (bicyclic) bond motifs is 1. The fraction of sp³-hybridized carbons (Fsp3) is 0.273. The summed E-state index contributed by atoms with van der Waals surface area (Å²) >= 11 is 0. The number of carbonyl (C=O) groups excluding carboxylic acids is 1. The molecular formula is C22H24N2O2. The molecule has 0 unspecified atom stereocenters. The molecule has 26 heavy (non-hydrogen) atoms. The maximum absolute atomic E-state index is 12.3. The Bertz CT molecular complexity index is 1020. The van der Waals surface area contributed by atoms with Gasteiger partial charge in [-0.05, 0) is 61.4 Å². The highest BCUT2D eigenvalue weighted by atomic mass is 16.1. The van der Waals surface area contributed by atoms with Gasteiger partial charge in [0.2, 0.25) is 5.91 Å². The second-order valence-electron chi connectivity index (χ2n) is 6.87. The number of benzene rings is 2.